The van der Waals surface area contributed by atoms with Gasteiger partial charge in [0, 0.05) is 12.2 Å². The van der Waals surface area contributed by atoms with Crippen LogP contribution in [-0.4, -0.2) is 4.98 Å². The average molecular weight is 190 g/mol. The second kappa shape index (κ2) is 3.35. The van der Waals surface area contributed by atoms with Gasteiger partial charge in [0.05, 0.1) is 5.69 Å². The topological polar surface area (TPSA) is 55.0 Å². The maximum Gasteiger partial charge on any atom is 0.150 e. The van der Waals surface area contributed by atoms with Crippen molar-refractivity contribution in [1.29, 1.82) is 0 Å². The fourth-order valence-electron chi connectivity index (χ4n) is 1.52. The maximum atomic E-state index is 5.60. The Morgan fingerprint density at radius 1 is 1.36 bits per heavy atom. The molecule has 0 unspecified atom stereocenters. The Morgan fingerprint density at radius 3 is 2.64 bits per heavy atom. The molecule has 0 aromatic carbocycles. The molecule has 0 aliphatic carbocycles. The molecule has 74 valence electrons. The smallest absolute Gasteiger partial charge is 0.150 e. The molecule has 0 aliphatic rings. The van der Waals surface area contributed by atoms with E-state index < -0.39 is 0 Å². The lowest BCUT2D eigenvalue weighted by Gasteiger charge is -1.90. The van der Waals surface area contributed by atoms with Crippen LogP contribution in [0.5, 0.6) is 0 Å². The van der Waals surface area contributed by atoms with Crippen molar-refractivity contribution in [1.82, 2.24) is 4.98 Å². The van der Waals surface area contributed by atoms with Crippen molar-refractivity contribution in [2.45, 2.75) is 20.4 Å². The average Bonchev–Trinajstić information content (AvgIpc) is 2.71. The third-order valence-electron chi connectivity index (χ3n) is 2.35. The van der Waals surface area contributed by atoms with Gasteiger partial charge in [-0.25, -0.2) is 0 Å². The van der Waals surface area contributed by atoms with Gasteiger partial charge in [-0.3, -0.25) is 0 Å². The Hall–Kier alpha value is -1.48. The van der Waals surface area contributed by atoms with Crippen LogP contribution in [0.1, 0.15) is 17.0 Å². The van der Waals surface area contributed by atoms with Crippen LogP contribution < -0.4 is 5.73 Å². The molecule has 2 rings (SSSR count). The van der Waals surface area contributed by atoms with Crippen molar-refractivity contribution >= 4 is 0 Å². The molecule has 3 nitrogen and oxygen atoms in total. The van der Waals surface area contributed by atoms with Crippen LogP contribution in [0.2, 0.25) is 0 Å². The van der Waals surface area contributed by atoms with Gasteiger partial charge in [0.1, 0.15) is 11.5 Å². The van der Waals surface area contributed by atoms with Crippen molar-refractivity contribution < 1.29 is 4.42 Å². The Labute approximate surface area is 82.9 Å². The number of furan rings is 1. The molecule has 0 fully saturated rings. The highest BCUT2D eigenvalue weighted by molar-refractivity contribution is 5.55. The highest BCUT2D eigenvalue weighted by atomic mass is 16.3. The molecule has 0 bridgehead atoms. The summed E-state index contributed by atoms with van der Waals surface area (Å²) >= 11 is 0. The summed E-state index contributed by atoms with van der Waals surface area (Å²) in [6, 6.07) is 5.95. The molecule has 14 heavy (non-hydrogen) atoms. The van der Waals surface area contributed by atoms with E-state index in [0.29, 0.717) is 6.54 Å². The van der Waals surface area contributed by atoms with E-state index in [1.165, 1.54) is 0 Å². The lowest BCUT2D eigenvalue weighted by atomic mass is 10.2. The number of H-pyrrole nitrogens is 1. The number of nitrogens with one attached hydrogen (secondary N) is 1. The molecule has 0 amide bonds. The number of hydrogen-bond donors (Lipinski definition) is 2. The van der Waals surface area contributed by atoms with E-state index in [-0.39, 0.29) is 0 Å². The normalized spacial score (nSPS) is 10.8. The van der Waals surface area contributed by atoms with Crippen molar-refractivity contribution in [3.05, 3.63) is 35.2 Å². The predicted molar refractivity (Wildman–Crippen MR) is 55.9 cm³/mol. The summed E-state index contributed by atoms with van der Waals surface area (Å²) < 4.78 is 5.51. The van der Waals surface area contributed by atoms with Crippen molar-refractivity contribution in [2.75, 3.05) is 0 Å². The Kier molecular flexibility index (Phi) is 2.17. The molecular formula is C11H14N2O. The molecule has 2 aromatic rings. The molecular weight excluding hydrogens is 176 g/mol. The zero-order chi connectivity index (χ0) is 10.1. The SMILES string of the molecule is Cc1ccc(-c2cc(CN)c(C)[nH]2)o1. The molecule has 0 aliphatic heterocycles. The number of aromatic nitrogens is 1. The molecule has 0 atom stereocenters. The molecule has 0 spiro atoms. The zero-order valence-corrected chi connectivity index (χ0v) is 8.42. The monoisotopic (exact) mass is 190 g/mol. The first-order valence-corrected chi connectivity index (χ1v) is 4.66. The van der Waals surface area contributed by atoms with Crippen LogP contribution in [0, 0.1) is 13.8 Å². The number of aryl methyl sites for hydroxylation is 2. The van der Waals surface area contributed by atoms with E-state index in [1.54, 1.807) is 0 Å². The number of aromatic amines is 1. The highest BCUT2D eigenvalue weighted by Gasteiger charge is 2.07. The first-order valence-electron chi connectivity index (χ1n) is 4.66. The second-order valence-corrected chi connectivity index (χ2v) is 3.45. The van der Waals surface area contributed by atoms with E-state index in [2.05, 4.69) is 4.98 Å². The van der Waals surface area contributed by atoms with Crippen molar-refractivity contribution in [2.24, 2.45) is 5.73 Å². The predicted octanol–water partition coefficient (Wildman–Crippen LogP) is 2.35. The maximum absolute atomic E-state index is 5.60. The molecule has 0 saturated heterocycles. The van der Waals surface area contributed by atoms with Gasteiger partial charge in [-0.2, -0.15) is 0 Å². The van der Waals surface area contributed by atoms with E-state index in [1.807, 2.05) is 32.0 Å². The summed E-state index contributed by atoms with van der Waals surface area (Å²) in [7, 11) is 0. The zero-order valence-electron chi connectivity index (χ0n) is 8.42. The Morgan fingerprint density at radius 2 is 2.14 bits per heavy atom. The number of hydrogen-bond acceptors (Lipinski definition) is 2. The van der Waals surface area contributed by atoms with Gasteiger partial charge in [-0.05, 0) is 37.6 Å². The third-order valence-corrected chi connectivity index (χ3v) is 2.35. The largest absolute Gasteiger partial charge is 0.460 e. The molecule has 3 heteroatoms. The van der Waals surface area contributed by atoms with Crippen LogP contribution in [0.25, 0.3) is 11.5 Å². The molecule has 2 heterocycles. The van der Waals surface area contributed by atoms with Crippen LogP contribution in [0.4, 0.5) is 0 Å². The second-order valence-electron chi connectivity index (χ2n) is 3.45. The Balaban J connectivity index is 2.42. The van der Waals surface area contributed by atoms with Crippen LogP contribution in [0.3, 0.4) is 0 Å². The van der Waals surface area contributed by atoms with Gasteiger partial charge in [0.2, 0.25) is 0 Å². The third kappa shape index (κ3) is 1.46. The quantitative estimate of drug-likeness (QED) is 0.763. The lowest BCUT2D eigenvalue weighted by molar-refractivity contribution is 0.546. The van der Waals surface area contributed by atoms with Crippen LogP contribution in [0.15, 0.2) is 22.6 Å². The van der Waals surface area contributed by atoms with Gasteiger partial charge in [0.15, 0.2) is 0 Å². The summed E-state index contributed by atoms with van der Waals surface area (Å²) in [5.74, 6) is 1.78. The van der Waals surface area contributed by atoms with Crippen LogP contribution in [-0.2, 0) is 6.54 Å². The van der Waals surface area contributed by atoms with Crippen molar-refractivity contribution in [3.63, 3.8) is 0 Å². The summed E-state index contributed by atoms with van der Waals surface area (Å²) in [6.07, 6.45) is 0. The summed E-state index contributed by atoms with van der Waals surface area (Å²) in [6.45, 7) is 4.51. The standard InChI is InChI=1S/C11H14N2O/c1-7-3-4-11(14-7)10-5-9(6-12)8(2)13-10/h3-5,13H,6,12H2,1-2H3. The fourth-order valence-corrected chi connectivity index (χ4v) is 1.52. The molecule has 0 radical (unpaired) electrons. The first-order chi connectivity index (χ1) is 6.70. The molecule has 3 N–H and O–H groups in total. The minimum absolute atomic E-state index is 0.558. The first kappa shape index (κ1) is 9.09. The van der Waals surface area contributed by atoms with E-state index in [0.717, 1.165) is 28.5 Å². The number of nitrogens with two attached hydrogens (primary N) is 1. The molecule has 0 saturated carbocycles. The van der Waals surface area contributed by atoms with Gasteiger partial charge in [-0.15, -0.1) is 0 Å². The van der Waals surface area contributed by atoms with E-state index in [9.17, 15) is 0 Å². The molecule has 2 aromatic heterocycles. The minimum Gasteiger partial charge on any atom is -0.460 e. The lowest BCUT2D eigenvalue weighted by Crippen LogP contribution is -1.95. The van der Waals surface area contributed by atoms with Gasteiger partial charge >= 0.3 is 0 Å². The summed E-state index contributed by atoms with van der Waals surface area (Å²) in [5.41, 5.74) is 8.83. The summed E-state index contributed by atoms with van der Waals surface area (Å²) in [4.78, 5) is 3.25. The number of rotatable bonds is 2. The van der Waals surface area contributed by atoms with E-state index >= 15 is 0 Å². The highest BCUT2D eigenvalue weighted by Crippen LogP contribution is 2.23. The van der Waals surface area contributed by atoms with Gasteiger partial charge < -0.3 is 15.1 Å². The van der Waals surface area contributed by atoms with Crippen LogP contribution >= 0.6 is 0 Å². The van der Waals surface area contributed by atoms with Gasteiger partial charge in [0.25, 0.3) is 0 Å². The van der Waals surface area contributed by atoms with Crippen molar-refractivity contribution in [3.8, 4) is 11.5 Å². The Bertz CT molecular complexity index is 440. The van der Waals surface area contributed by atoms with E-state index in [4.69, 9.17) is 10.2 Å². The fraction of sp³-hybridized carbons (Fsp3) is 0.273. The summed E-state index contributed by atoms with van der Waals surface area (Å²) in [5, 5.41) is 0. The minimum atomic E-state index is 0.558. The van der Waals surface area contributed by atoms with Gasteiger partial charge in [-0.1, -0.05) is 0 Å².